The lowest BCUT2D eigenvalue weighted by atomic mass is 10.3. The van der Waals surface area contributed by atoms with Gasteiger partial charge in [-0.1, -0.05) is 13.3 Å². The number of likely N-dealkylation sites (N-methyl/N-ethyl adjacent to an activating group) is 1. The number of methoxy groups -OCH3 is 1. The molecule has 29 heavy (non-hydrogen) atoms. The van der Waals surface area contributed by atoms with Crippen molar-refractivity contribution in [2.75, 3.05) is 33.9 Å². The average Bonchev–Trinajstić information content (AvgIpc) is 3.03. The molecule has 2 aromatic heterocycles. The van der Waals surface area contributed by atoms with Crippen molar-refractivity contribution in [2.45, 2.75) is 52.7 Å². The average molecular weight is 409 g/mol. The van der Waals surface area contributed by atoms with Crippen LogP contribution in [0.25, 0.3) is 11.2 Å². The normalized spacial score (nSPS) is 11.5. The molecule has 2 heterocycles. The van der Waals surface area contributed by atoms with Crippen LogP contribution >= 0.6 is 0 Å². The van der Waals surface area contributed by atoms with E-state index in [-0.39, 0.29) is 12.5 Å². The Morgan fingerprint density at radius 2 is 2.00 bits per heavy atom. The number of unbranched alkanes of at least 4 members (excludes halogenated alkanes) is 1. The lowest BCUT2D eigenvalue weighted by Crippen LogP contribution is -2.36. The number of aryl methyl sites for hydroxylation is 2. The molecule has 0 fully saturated rings. The highest BCUT2D eigenvalue weighted by molar-refractivity contribution is 5.78. The van der Waals surface area contributed by atoms with Crippen LogP contribution in [0.4, 0.5) is 0 Å². The van der Waals surface area contributed by atoms with Crippen molar-refractivity contribution >= 4 is 17.1 Å². The number of ether oxygens (including phenoxy) is 1. The van der Waals surface area contributed by atoms with Crippen LogP contribution in [0, 0.1) is 0 Å². The summed E-state index contributed by atoms with van der Waals surface area (Å²) in [5, 5.41) is 2.85. The van der Waals surface area contributed by atoms with E-state index in [2.05, 4.69) is 15.3 Å². The third-order valence-corrected chi connectivity index (χ3v) is 4.69. The Kier molecular flexibility index (Phi) is 8.59. The SMILES string of the molecule is CCCCn1c(=O)[nH]c(=O)c2c1nc(CN(C)CC(=O)NCCCOC)n2CC. The first-order chi connectivity index (χ1) is 13.9. The summed E-state index contributed by atoms with van der Waals surface area (Å²) in [6.45, 7) is 6.76. The van der Waals surface area contributed by atoms with Crippen molar-refractivity contribution < 1.29 is 9.53 Å². The van der Waals surface area contributed by atoms with Gasteiger partial charge in [0, 0.05) is 33.4 Å². The molecule has 0 aliphatic rings. The van der Waals surface area contributed by atoms with E-state index in [1.54, 1.807) is 7.11 Å². The van der Waals surface area contributed by atoms with Crippen molar-refractivity contribution in [1.29, 1.82) is 0 Å². The molecule has 0 aliphatic carbocycles. The summed E-state index contributed by atoms with van der Waals surface area (Å²) in [4.78, 5) is 45.6. The summed E-state index contributed by atoms with van der Waals surface area (Å²) >= 11 is 0. The highest BCUT2D eigenvalue weighted by Crippen LogP contribution is 2.13. The number of hydrogen-bond acceptors (Lipinski definition) is 6. The molecule has 0 bridgehead atoms. The van der Waals surface area contributed by atoms with Crippen LogP contribution in [0.15, 0.2) is 9.59 Å². The van der Waals surface area contributed by atoms with Gasteiger partial charge >= 0.3 is 5.69 Å². The van der Waals surface area contributed by atoms with E-state index in [9.17, 15) is 14.4 Å². The summed E-state index contributed by atoms with van der Waals surface area (Å²) in [7, 11) is 3.45. The fourth-order valence-corrected chi connectivity index (χ4v) is 3.25. The highest BCUT2D eigenvalue weighted by atomic mass is 16.5. The zero-order valence-corrected chi connectivity index (χ0v) is 17.8. The minimum Gasteiger partial charge on any atom is -0.385 e. The van der Waals surface area contributed by atoms with Gasteiger partial charge in [0.05, 0.1) is 13.1 Å². The van der Waals surface area contributed by atoms with Crippen LogP contribution in [0.1, 0.15) is 38.9 Å². The van der Waals surface area contributed by atoms with Crippen molar-refractivity contribution in [2.24, 2.45) is 0 Å². The summed E-state index contributed by atoms with van der Waals surface area (Å²) in [6, 6.07) is 0. The van der Waals surface area contributed by atoms with Gasteiger partial charge in [-0.2, -0.15) is 0 Å². The molecular formula is C19H32N6O4. The first-order valence-electron chi connectivity index (χ1n) is 10.1. The van der Waals surface area contributed by atoms with Crippen molar-refractivity contribution in [3.63, 3.8) is 0 Å². The Labute approximate surface area is 169 Å². The van der Waals surface area contributed by atoms with E-state index < -0.39 is 11.2 Å². The zero-order valence-electron chi connectivity index (χ0n) is 17.8. The van der Waals surface area contributed by atoms with Crippen LogP contribution in [0.2, 0.25) is 0 Å². The van der Waals surface area contributed by atoms with Gasteiger partial charge in [-0.15, -0.1) is 0 Å². The Morgan fingerprint density at radius 3 is 2.66 bits per heavy atom. The number of carbonyl (C=O) groups is 1. The van der Waals surface area contributed by atoms with Gasteiger partial charge in [0.2, 0.25) is 5.91 Å². The Hall–Kier alpha value is -2.46. The molecule has 2 N–H and O–H groups in total. The van der Waals surface area contributed by atoms with Gasteiger partial charge in [-0.25, -0.2) is 9.78 Å². The minimum absolute atomic E-state index is 0.0829. The fourth-order valence-electron chi connectivity index (χ4n) is 3.25. The Morgan fingerprint density at radius 1 is 1.24 bits per heavy atom. The molecule has 0 aromatic carbocycles. The number of rotatable bonds is 12. The van der Waals surface area contributed by atoms with E-state index in [1.807, 2.05) is 30.4 Å². The van der Waals surface area contributed by atoms with Crippen molar-refractivity contribution in [1.82, 2.24) is 29.3 Å². The summed E-state index contributed by atoms with van der Waals surface area (Å²) in [5.41, 5.74) is -0.0685. The maximum Gasteiger partial charge on any atom is 0.330 e. The van der Waals surface area contributed by atoms with E-state index >= 15 is 0 Å². The second kappa shape index (κ2) is 10.9. The van der Waals surface area contributed by atoms with Gasteiger partial charge in [0.1, 0.15) is 5.82 Å². The maximum absolute atomic E-state index is 12.4. The molecule has 0 saturated heterocycles. The number of aromatic amines is 1. The Balaban J connectivity index is 2.22. The largest absolute Gasteiger partial charge is 0.385 e. The molecule has 2 rings (SSSR count). The summed E-state index contributed by atoms with van der Waals surface area (Å²) in [5.74, 6) is 0.569. The summed E-state index contributed by atoms with van der Waals surface area (Å²) < 4.78 is 8.30. The number of aromatic nitrogens is 4. The van der Waals surface area contributed by atoms with Crippen molar-refractivity contribution in [3.05, 3.63) is 26.7 Å². The van der Waals surface area contributed by atoms with Crippen LogP contribution < -0.4 is 16.6 Å². The highest BCUT2D eigenvalue weighted by Gasteiger charge is 2.19. The van der Waals surface area contributed by atoms with Gasteiger partial charge in [0.25, 0.3) is 5.56 Å². The Bertz CT molecular complexity index is 929. The molecule has 0 radical (unpaired) electrons. The molecule has 162 valence electrons. The molecule has 0 atom stereocenters. The van der Waals surface area contributed by atoms with E-state index in [1.165, 1.54) is 4.57 Å². The first kappa shape index (κ1) is 22.8. The predicted octanol–water partition coefficient (Wildman–Crippen LogP) is 0.291. The van der Waals surface area contributed by atoms with Crippen LogP contribution in [-0.4, -0.2) is 63.8 Å². The molecule has 10 nitrogen and oxygen atoms in total. The van der Waals surface area contributed by atoms with Gasteiger partial charge in [-0.05, 0) is 26.8 Å². The standard InChI is InChI=1S/C19H32N6O4/c1-5-7-10-25-17-16(18(27)22-19(25)28)24(6-2)14(21-17)12-23(3)13-15(26)20-9-8-11-29-4/h5-13H2,1-4H3,(H,20,26)(H,22,27,28). The van der Waals surface area contributed by atoms with E-state index in [0.717, 1.165) is 19.3 Å². The van der Waals surface area contributed by atoms with Gasteiger partial charge < -0.3 is 14.6 Å². The zero-order chi connectivity index (χ0) is 21.4. The minimum atomic E-state index is -0.438. The number of imidazole rings is 1. The van der Waals surface area contributed by atoms with Gasteiger partial charge in [0.15, 0.2) is 11.2 Å². The van der Waals surface area contributed by atoms with Crippen LogP contribution in [-0.2, 0) is 29.2 Å². The molecule has 2 aromatic rings. The first-order valence-corrected chi connectivity index (χ1v) is 10.1. The number of hydrogen-bond donors (Lipinski definition) is 2. The number of H-pyrrole nitrogens is 1. The van der Waals surface area contributed by atoms with E-state index in [4.69, 9.17) is 4.74 Å². The third kappa shape index (κ3) is 5.77. The molecule has 1 amide bonds. The van der Waals surface area contributed by atoms with E-state index in [0.29, 0.717) is 49.8 Å². The lowest BCUT2D eigenvalue weighted by molar-refractivity contribution is -0.122. The monoisotopic (exact) mass is 408 g/mol. The molecule has 0 aliphatic heterocycles. The molecule has 0 saturated carbocycles. The second-order valence-corrected chi connectivity index (χ2v) is 7.08. The molecule has 0 unspecified atom stereocenters. The maximum atomic E-state index is 12.4. The number of nitrogens with one attached hydrogen (secondary N) is 2. The number of carbonyl (C=O) groups excluding carboxylic acids is 1. The van der Waals surface area contributed by atoms with Crippen LogP contribution in [0.3, 0.4) is 0 Å². The quantitative estimate of drug-likeness (QED) is 0.488. The van der Waals surface area contributed by atoms with Gasteiger partial charge in [-0.3, -0.25) is 24.0 Å². The molecule has 0 spiro atoms. The molecular weight excluding hydrogens is 376 g/mol. The second-order valence-electron chi connectivity index (χ2n) is 7.08. The predicted molar refractivity (Wildman–Crippen MR) is 111 cm³/mol. The summed E-state index contributed by atoms with van der Waals surface area (Å²) in [6.07, 6.45) is 2.50. The smallest absolute Gasteiger partial charge is 0.330 e. The number of amides is 1. The lowest BCUT2D eigenvalue weighted by Gasteiger charge is -2.16. The van der Waals surface area contributed by atoms with Crippen LogP contribution in [0.5, 0.6) is 0 Å². The molecule has 10 heteroatoms. The number of fused-ring (bicyclic) bond motifs is 1. The number of nitrogens with zero attached hydrogens (tertiary/aromatic N) is 4. The topological polar surface area (TPSA) is 114 Å². The fraction of sp³-hybridized carbons (Fsp3) is 0.684. The van der Waals surface area contributed by atoms with Crippen molar-refractivity contribution in [3.8, 4) is 0 Å². The third-order valence-electron chi connectivity index (χ3n) is 4.69.